The van der Waals surface area contributed by atoms with Gasteiger partial charge in [0.15, 0.2) is 5.69 Å². The average Bonchev–Trinajstić information content (AvgIpc) is 2.93. The zero-order valence-corrected chi connectivity index (χ0v) is 11.0. The van der Waals surface area contributed by atoms with Crippen LogP contribution in [0.4, 0.5) is 0 Å². The van der Waals surface area contributed by atoms with Gasteiger partial charge in [0.2, 0.25) is 0 Å². The first-order chi connectivity index (χ1) is 9.22. The third kappa shape index (κ3) is 3.34. The Balaban J connectivity index is 1.94. The van der Waals surface area contributed by atoms with Gasteiger partial charge in [-0.1, -0.05) is 12.1 Å². The molecule has 1 N–H and O–H groups in total. The van der Waals surface area contributed by atoms with E-state index in [9.17, 15) is 4.79 Å². The fourth-order valence-corrected chi connectivity index (χ4v) is 1.77. The molecule has 19 heavy (non-hydrogen) atoms. The summed E-state index contributed by atoms with van der Waals surface area (Å²) in [5.74, 6) is 0.421. The Labute approximate surface area is 111 Å². The van der Waals surface area contributed by atoms with Crippen molar-refractivity contribution in [2.75, 3.05) is 14.2 Å². The number of ether oxygens (including phenoxy) is 2. The van der Waals surface area contributed by atoms with E-state index in [1.54, 1.807) is 13.2 Å². The Morgan fingerprint density at radius 1 is 1.21 bits per heavy atom. The van der Waals surface area contributed by atoms with E-state index in [4.69, 9.17) is 4.74 Å². The van der Waals surface area contributed by atoms with Crippen molar-refractivity contribution in [1.82, 2.24) is 10.2 Å². The van der Waals surface area contributed by atoms with E-state index in [1.165, 1.54) is 12.7 Å². The van der Waals surface area contributed by atoms with Crippen LogP contribution in [0.1, 0.15) is 21.7 Å². The number of carbonyl (C=O) groups is 1. The molecule has 5 heteroatoms. The lowest BCUT2D eigenvalue weighted by atomic mass is 10.1. The molecule has 0 aliphatic heterocycles. The second-order valence-corrected chi connectivity index (χ2v) is 4.12. The molecule has 0 radical (unpaired) electrons. The molecule has 0 aliphatic carbocycles. The maximum atomic E-state index is 11.3. The van der Waals surface area contributed by atoms with Crippen LogP contribution in [0.5, 0.6) is 5.75 Å². The third-order valence-corrected chi connectivity index (χ3v) is 2.87. The van der Waals surface area contributed by atoms with E-state index in [0.717, 1.165) is 24.3 Å². The Hall–Kier alpha value is -2.30. The highest BCUT2D eigenvalue weighted by molar-refractivity contribution is 5.87. The molecule has 0 fully saturated rings. The topological polar surface area (TPSA) is 64.2 Å². The molecular formula is C14H16N2O3. The van der Waals surface area contributed by atoms with Gasteiger partial charge in [0, 0.05) is 5.69 Å². The van der Waals surface area contributed by atoms with Crippen molar-refractivity contribution in [3.63, 3.8) is 0 Å². The van der Waals surface area contributed by atoms with Crippen molar-refractivity contribution >= 4 is 5.97 Å². The molecule has 0 amide bonds. The number of esters is 1. The highest BCUT2D eigenvalue weighted by Gasteiger charge is 2.09. The second-order valence-electron chi connectivity index (χ2n) is 4.12. The van der Waals surface area contributed by atoms with E-state index >= 15 is 0 Å². The molecule has 0 unspecified atom stereocenters. The van der Waals surface area contributed by atoms with Crippen LogP contribution in [0.3, 0.4) is 0 Å². The van der Waals surface area contributed by atoms with Gasteiger partial charge in [0.1, 0.15) is 5.75 Å². The average molecular weight is 260 g/mol. The molecule has 2 aromatic rings. The first-order valence-corrected chi connectivity index (χ1v) is 5.98. The van der Waals surface area contributed by atoms with Crippen molar-refractivity contribution in [2.45, 2.75) is 12.8 Å². The fraction of sp³-hybridized carbons (Fsp3) is 0.286. The fourth-order valence-electron chi connectivity index (χ4n) is 1.77. The molecule has 100 valence electrons. The third-order valence-electron chi connectivity index (χ3n) is 2.87. The standard InChI is InChI=1S/C14H16N2O3/c1-18-12-7-4-10(5-8-12)3-6-11-9-13(16-15-11)14(17)19-2/h4-5,7-9H,3,6H2,1-2H3,(H,15,16). The van der Waals surface area contributed by atoms with Crippen LogP contribution in [-0.4, -0.2) is 30.4 Å². The Bertz CT molecular complexity index is 546. The molecule has 5 nitrogen and oxygen atoms in total. The minimum Gasteiger partial charge on any atom is -0.497 e. The number of rotatable bonds is 5. The van der Waals surface area contributed by atoms with E-state index in [-0.39, 0.29) is 0 Å². The summed E-state index contributed by atoms with van der Waals surface area (Å²) in [6.07, 6.45) is 1.66. The Kier molecular flexibility index (Phi) is 4.18. The van der Waals surface area contributed by atoms with Gasteiger partial charge < -0.3 is 9.47 Å². The number of aromatic amines is 1. The number of hydrogen-bond acceptors (Lipinski definition) is 4. The van der Waals surface area contributed by atoms with E-state index in [1.807, 2.05) is 24.3 Å². The van der Waals surface area contributed by atoms with Crippen molar-refractivity contribution in [2.24, 2.45) is 0 Å². The van der Waals surface area contributed by atoms with Gasteiger partial charge in [-0.25, -0.2) is 4.79 Å². The summed E-state index contributed by atoms with van der Waals surface area (Å²) in [4.78, 5) is 11.3. The Morgan fingerprint density at radius 3 is 2.58 bits per heavy atom. The van der Waals surface area contributed by atoms with E-state index in [0.29, 0.717) is 5.69 Å². The molecule has 1 aromatic heterocycles. The lowest BCUT2D eigenvalue weighted by molar-refractivity contribution is 0.0594. The normalized spacial score (nSPS) is 10.2. The SMILES string of the molecule is COC(=O)c1cc(CCc2ccc(OC)cc2)[nH]n1. The quantitative estimate of drug-likeness (QED) is 0.835. The van der Waals surface area contributed by atoms with Gasteiger partial charge in [-0.2, -0.15) is 5.10 Å². The summed E-state index contributed by atoms with van der Waals surface area (Å²) < 4.78 is 9.71. The number of nitrogens with one attached hydrogen (secondary N) is 1. The van der Waals surface area contributed by atoms with Crippen LogP contribution in [0.2, 0.25) is 0 Å². The maximum absolute atomic E-state index is 11.3. The zero-order valence-electron chi connectivity index (χ0n) is 11.0. The predicted octanol–water partition coefficient (Wildman–Crippen LogP) is 1.99. The number of aromatic nitrogens is 2. The number of benzene rings is 1. The first-order valence-electron chi connectivity index (χ1n) is 5.98. The van der Waals surface area contributed by atoms with Gasteiger partial charge in [-0.05, 0) is 36.6 Å². The summed E-state index contributed by atoms with van der Waals surface area (Å²) in [6, 6.07) is 9.63. The van der Waals surface area contributed by atoms with E-state index < -0.39 is 5.97 Å². The Morgan fingerprint density at radius 2 is 1.95 bits per heavy atom. The molecular weight excluding hydrogens is 244 g/mol. The summed E-state index contributed by atoms with van der Waals surface area (Å²) in [5.41, 5.74) is 2.43. The van der Waals surface area contributed by atoms with Gasteiger partial charge in [0.05, 0.1) is 14.2 Å². The number of methoxy groups -OCH3 is 2. The first kappa shape index (κ1) is 13.1. The monoisotopic (exact) mass is 260 g/mol. The van der Waals surface area contributed by atoms with Gasteiger partial charge in [-0.3, -0.25) is 5.10 Å². The van der Waals surface area contributed by atoms with Crippen LogP contribution >= 0.6 is 0 Å². The number of hydrogen-bond donors (Lipinski definition) is 1. The summed E-state index contributed by atoms with van der Waals surface area (Å²) in [5, 5.41) is 6.75. The lowest BCUT2D eigenvalue weighted by Crippen LogP contribution is -2.00. The highest BCUT2D eigenvalue weighted by Crippen LogP contribution is 2.13. The molecule has 0 spiro atoms. The number of carbonyl (C=O) groups excluding carboxylic acids is 1. The number of aryl methyl sites for hydroxylation is 2. The molecule has 1 heterocycles. The van der Waals surface area contributed by atoms with E-state index in [2.05, 4.69) is 14.9 Å². The highest BCUT2D eigenvalue weighted by atomic mass is 16.5. The molecule has 0 aliphatic rings. The minimum atomic E-state index is -0.424. The minimum absolute atomic E-state index is 0.312. The number of nitrogens with zero attached hydrogens (tertiary/aromatic N) is 1. The van der Waals surface area contributed by atoms with Crippen molar-refractivity contribution in [3.05, 3.63) is 47.3 Å². The van der Waals surface area contributed by atoms with Gasteiger partial charge in [-0.15, -0.1) is 0 Å². The zero-order chi connectivity index (χ0) is 13.7. The van der Waals surface area contributed by atoms with Crippen molar-refractivity contribution in [3.8, 4) is 5.75 Å². The predicted molar refractivity (Wildman–Crippen MR) is 70.3 cm³/mol. The molecule has 0 bridgehead atoms. The molecule has 2 rings (SSSR count). The summed E-state index contributed by atoms with van der Waals surface area (Å²) in [7, 11) is 2.99. The van der Waals surface area contributed by atoms with Crippen LogP contribution in [0.15, 0.2) is 30.3 Å². The molecule has 0 atom stereocenters. The maximum Gasteiger partial charge on any atom is 0.358 e. The van der Waals surface area contributed by atoms with Crippen LogP contribution < -0.4 is 4.74 Å². The second kappa shape index (κ2) is 6.04. The van der Waals surface area contributed by atoms with Crippen LogP contribution in [0, 0.1) is 0 Å². The molecule has 1 aromatic carbocycles. The summed E-state index contributed by atoms with van der Waals surface area (Å²) >= 11 is 0. The largest absolute Gasteiger partial charge is 0.497 e. The van der Waals surface area contributed by atoms with Gasteiger partial charge >= 0.3 is 5.97 Å². The smallest absolute Gasteiger partial charge is 0.358 e. The lowest BCUT2D eigenvalue weighted by Gasteiger charge is -2.02. The molecule has 0 saturated heterocycles. The van der Waals surface area contributed by atoms with Gasteiger partial charge in [0.25, 0.3) is 0 Å². The molecule has 0 saturated carbocycles. The van der Waals surface area contributed by atoms with Crippen molar-refractivity contribution in [1.29, 1.82) is 0 Å². The van der Waals surface area contributed by atoms with Crippen LogP contribution in [0.25, 0.3) is 0 Å². The van der Waals surface area contributed by atoms with Crippen LogP contribution in [-0.2, 0) is 17.6 Å². The number of H-pyrrole nitrogens is 1. The van der Waals surface area contributed by atoms with Crippen molar-refractivity contribution < 1.29 is 14.3 Å². The summed E-state index contributed by atoms with van der Waals surface area (Å²) in [6.45, 7) is 0.